The second-order valence-corrected chi connectivity index (χ2v) is 4.38. The van der Waals surface area contributed by atoms with Crippen LogP contribution in [0.1, 0.15) is 29.4 Å². The Bertz CT molecular complexity index is 538. The van der Waals surface area contributed by atoms with Gasteiger partial charge in [0.1, 0.15) is 5.75 Å². The lowest BCUT2D eigenvalue weighted by molar-refractivity contribution is 0.0950. The Morgan fingerprint density at radius 2 is 2.00 bits per heavy atom. The maximum atomic E-state index is 12.0. The molecule has 0 bridgehead atoms. The van der Waals surface area contributed by atoms with Gasteiger partial charge in [0.25, 0.3) is 5.91 Å². The summed E-state index contributed by atoms with van der Waals surface area (Å²) in [5.41, 5.74) is 1.45. The molecule has 0 aliphatic heterocycles. The quantitative estimate of drug-likeness (QED) is 0.878. The molecule has 0 aliphatic carbocycles. The van der Waals surface area contributed by atoms with Crippen molar-refractivity contribution in [2.45, 2.75) is 19.9 Å². The fraction of sp³-hybridized carbons (Fsp3) is 0.250. The SMILES string of the molecule is CCCOc1ccc(C(=O)NCc2ccccn2)cc1. The summed E-state index contributed by atoms with van der Waals surface area (Å²) in [5, 5.41) is 2.84. The number of aromatic nitrogens is 1. The van der Waals surface area contributed by atoms with Crippen molar-refractivity contribution in [3.8, 4) is 5.75 Å². The zero-order valence-electron chi connectivity index (χ0n) is 11.5. The molecule has 2 aromatic rings. The molecule has 4 nitrogen and oxygen atoms in total. The van der Waals surface area contributed by atoms with E-state index in [4.69, 9.17) is 4.74 Å². The third kappa shape index (κ3) is 4.09. The highest BCUT2D eigenvalue weighted by Gasteiger charge is 2.05. The molecule has 104 valence electrons. The van der Waals surface area contributed by atoms with E-state index < -0.39 is 0 Å². The molecule has 1 amide bonds. The van der Waals surface area contributed by atoms with Gasteiger partial charge < -0.3 is 10.1 Å². The van der Waals surface area contributed by atoms with Crippen LogP contribution in [-0.4, -0.2) is 17.5 Å². The van der Waals surface area contributed by atoms with Gasteiger partial charge in [-0.15, -0.1) is 0 Å². The highest BCUT2D eigenvalue weighted by Crippen LogP contribution is 2.12. The van der Waals surface area contributed by atoms with Crippen LogP contribution in [0.2, 0.25) is 0 Å². The summed E-state index contributed by atoms with van der Waals surface area (Å²) in [6.45, 7) is 3.17. The summed E-state index contributed by atoms with van der Waals surface area (Å²) < 4.78 is 5.48. The molecule has 0 unspecified atom stereocenters. The molecule has 0 fully saturated rings. The standard InChI is InChI=1S/C16H18N2O2/c1-2-11-20-15-8-6-13(7-9-15)16(19)18-12-14-5-3-4-10-17-14/h3-10H,2,11-12H2,1H3,(H,18,19). The second-order valence-electron chi connectivity index (χ2n) is 4.38. The molecular formula is C16H18N2O2. The van der Waals surface area contributed by atoms with Gasteiger partial charge >= 0.3 is 0 Å². The fourth-order valence-electron chi connectivity index (χ4n) is 1.70. The summed E-state index contributed by atoms with van der Waals surface area (Å²) >= 11 is 0. The lowest BCUT2D eigenvalue weighted by atomic mass is 10.2. The Morgan fingerprint density at radius 1 is 1.20 bits per heavy atom. The molecule has 1 aromatic carbocycles. The maximum Gasteiger partial charge on any atom is 0.251 e. The summed E-state index contributed by atoms with van der Waals surface area (Å²) in [4.78, 5) is 16.1. The van der Waals surface area contributed by atoms with Crippen molar-refractivity contribution in [2.24, 2.45) is 0 Å². The van der Waals surface area contributed by atoms with Gasteiger partial charge in [-0.3, -0.25) is 9.78 Å². The van der Waals surface area contributed by atoms with E-state index >= 15 is 0 Å². The Balaban J connectivity index is 1.89. The molecule has 0 saturated carbocycles. The van der Waals surface area contributed by atoms with E-state index in [0.29, 0.717) is 18.7 Å². The Labute approximate surface area is 118 Å². The topological polar surface area (TPSA) is 51.2 Å². The number of hydrogen-bond donors (Lipinski definition) is 1. The highest BCUT2D eigenvalue weighted by atomic mass is 16.5. The zero-order valence-corrected chi connectivity index (χ0v) is 11.5. The third-order valence-electron chi connectivity index (χ3n) is 2.75. The van der Waals surface area contributed by atoms with Crippen molar-refractivity contribution in [2.75, 3.05) is 6.61 Å². The minimum absolute atomic E-state index is 0.113. The van der Waals surface area contributed by atoms with Crippen molar-refractivity contribution >= 4 is 5.91 Å². The Morgan fingerprint density at radius 3 is 2.65 bits per heavy atom. The molecule has 4 heteroatoms. The smallest absolute Gasteiger partial charge is 0.251 e. The number of ether oxygens (including phenoxy) is 1. The average Bonchev–Trinajstić information content (AvgIpc) is 2.52. The van der Waals surface area contributed by atoms with E-state index in [1.165, 1.54) is 0 Å². The molecule has 1 aromatic heterocycles. The van der Waals surface area contributed by atoms with Crippen LogP contribution in [0.25, 0.3) is 0 Å². The molecule has 0 radical (unpaired) electrons. The largest absolute Gasteiger partial charge is 0.494 e. The molecule has 1 heterocycles. The normalized spacial score (nSPS) is 10.1. The first kappa shape index (κ1) is 14.1. The van der Waals surface area contributed by atoms with E-state index in [2.05, 4.69) is 17.2 Å². The first-order valence-electron chi connectivity index (χ1n) is 6.70. The van der Waals surface area contributed by atoms with Gasteiger partial charge in [-0.05, 0) is 42.8 Å². The van der Waals surface area contributed by atoms with Crippen LogP contribution in [0, 0.1) is 0 Å². The highest BCUT2D eigenvalue weighted by molar-refractivity contribution is 5.94. The van der Waals surface area contributed by atoms with Crippen molar-refractivity contribution in [1.82, 2.24) is 10.3 Å². The minimum atomic E-state index is -0.113. The monoisotopic (exact) mass is 270 g/mol. The number of nitrogens with one attached hydrogen (secondary N) is 1. The Kier molecular flexibility index (Phi) is 5.12. The summed E-state index contributed by atoms with van der Waals surface area (Å²) in [6, 6.07) is 12.8. The number of nitrogens with zero attached hydrogens (tertiary/aromatic N) is 1. The summed E-state index contributed by atoms with van der Waals surface area (Å²) in [7, 11) is 0. The molecule has 20 heavy (non-hydrogen) atoms. The minimum Gasteiger partial charge on any atom is -0.494 e. The van der Waals surface area contributed by atoms with Crippen molar-refractivity contribution in [1.29, 1.82) is 0 Å². The van der Waals surface area contributed by atoms with E-state index in [-0.39, 0.29) is 5.91 Å². The number of amides is 1. The molecular weight excluding hydrogens is 252 g/mol. The van der Waals surface area contributed by atoms with Crippen LogP contribution >= 0.6 is 0 Å². The second kappa shape index (κ2) is 7.28. The van der Waals surface area contributed by atoms with Crippen LogP contribution in [0.3, 0.4) is 0 Å². The predicted octanol–water partition coefficient (Wildman–Crippen LogP) is 2.80. The number of hydrogen-bond acceptors (Lipinski definition) is 3. The molecule has 0 atom stereocenters. The number of benzene rings is 1. The number of carbonyl (C=O) groups excluding carboxylic acids is 1. The molecule has 1 N–H and O–H groups in total. The van der Waals surface area contributed by atoms with Gasteiger partial charge in [0.05, 0.1) is 18.8 Å². The maximum absolute atomic E-state index is 12.0. The van der Waals surface area contributed by atoms with E-state index in [9.17, 15) is 4.79 Å². The van der Waals surface area contributed by atoms with Gasteiger partial charge in [-0.1, -0.05) is 13.0 Å². The molecule has 0 aliphatic rings. The first-order chi connectivity index (χ1) is 9.79. The number of carbonyl (C=O) groups is 1. The molecule has 0 saturated heterocycles. The molecule has 2 rings (SSSR count). The lowest BCUT2D eigenvalue weighted by Crippen LogP contribution is -2.23. The summed E-state index contributed by atoms with van der Waals surface area (Å²) in [5.74, 6) is 0.672. The van der Waals surface area contributed by atoms with Gasteiger partial charge in [-0.25, -0.2) is 0 Å². The number of rotatable bonds is 6. The Hall–Kier alpha value is -2.36. The van der Waals surface area contributed by atoms with Gasteiger partial charge in [0.2, 0.25) is 0 Å². The van der Waals surface area contributed by atoms with Gasteiger partial charge in [-0.2, -0.15) is 0 Å². The summed E-state index contributed by atoms with van der Waals surface area (Å²) in [6.07, 6.45) is 2.67. The van der Waals surface area contributed by atoms with Crippen molar-refractivity contribution in [3.05, 3.63) is 59.9 Å². The van der Waals surface area contributed by atoms with Crippen molar-refractivity contribution < 1.29 is 9.53 Å². The lowest BCUT2D eigenvalue weighted by Gasteiger charge is -2.07. The van der Waals surface area contributed by atoms with Crippen molar-refractivity contribution in [3.63, 3.8) is 0 Å². The van der Waals surface area contributed by atoms with Gasteiger partial charge in [0, 0.05) is 11.8 Å². The van der Waals surface area contributed by atoms with Crippen LogP contribution in [-0.2, 0) is 6.54 Å². The predicted molar refractivity (Wildman–Crippen MR) is 77.6 cm³/mol. The zero-order chi connectivity index (χ0) is 14.2. The molecule has 0 spiro atoms. The average molecular weight is 270 g/mol. The van der Waals surface area contributed by atoms with Crippen LogP contribution < -0.4 is 10.1 Å². The van der Waals surface area contributed by atoms with Crippen LogP contribution in [0.5, 0.6) is 5.75 Å². The third-order valence-corrected chi connectivity index (χ3v) is 2.75. The van der Waals surface area contributed by atoms with E-state index in [1.807, 2.05) is 30.3 Å². The number of pyridine rings is 1. The van der Waals surface area contributed by atoms with Gasteiger partial charge in [0.15, 0.2) is 0 Å². The first-order valence-corrected chi connectivity index (χ1v) is 6.70. The van der Waals surface area contributed by atoms with E-state index in [0.717, 1.165) is 17.9 Å². The fourth-order valence-corrected chi connectivity index (χ4v) is 1.70. The van der Waals surface area contributed by atoms with E-state index in [1.54, 1.807) is 18.3 Å². The van der Waals surface area contributed by atoms with Crippen LogP contribution in [0.15, 0.2) is 48.7 Å². The van der Waals surface area contributed by atoms with Crippen LogP contribution in [0.4, 0.5) is 0 Å².